The molecule has 1 fully saturated rings. The van der Waals surface area contributed by atoms with Crippen LogP contribution in [-0.2, 0) is 11.2 Å². The van der Waals surface area contributed by atoms with E-state index < -0.39 is 11.8 Å². The number of fused-ring (bicyclic) bond motifs is 3. The van der Waals surface area contributed by atoms with E-state index in [1.165, 1.54) is 6.07 Å². The minimum atomic E-state index is -0.795. The number of hydrogen-bond acceptors (Lipinski definition) is 1. The lowest BCUT2D eigenvalue weighted by Crippen LogP contribution is -2.05. The lowest BCUT2D eigenvalue weighted by molar-refractivity contribution is -0.139. The van der Waals surface area contributed by atoms with Crippen molar-refractivity contribution < 1.29 is 14.3 Å². The Kier molecular flexibility index (Phi) is 1.67. The zero-order valence-corrected chi connectivity index (χ0v) is 8.46. The zero-order valence-electron chi connectivity index (χ0n) is 7.71. The molecule has 0 aliphatic heterocycles. The average molecular weight is 227 g/mol. The fraction of sp³-hybridized carbons (Fsp3) is 0.364. The van der Waals surface area contributed by atoms with Gasteiger partial charge in [0.05, 0.1) is 10.9 Å². The van der Waals surface area contributed by atoms with Crippen molar-refractivity contribution in [1.29, 1.82) is 0 Å². The summed E-state index contributed by atoms with van der Waals surface area (Å²) in [7, 11) is 0. The minimum Gasteiger partial charge on any atom is -0.481 e. The summed E-state index contributed by atoms with van der Waals surface area (Å²) in [6.07, 6.45) is 0.719. The highest BCUT2D eigenvalue weighted by molar-refractivity contribution is 6.31. The first-order valence-electron chi connectivity index (χ1n) is 4.81. The van der Waals surface area contributed by atoms with Crippen molar-refractivity contribution in [3.63, 3.8) is 0 Å². The number of carboxylic acids is 1. The summed E-state index contributed by atoms with van der Waals surface area (Å²) in [5.74, 6) is -1.52. The SMILES string of the molecule is O=C(O)[C@@H]1[C@H]2Cc3ccc(F)c(Cl)c3[C@H]21. The fourth-order valence-electron chi connectivity index (χ4n) is 2.76. The van der Waals surface area contributed by atoms with Gasteiger partial charge in [0, 0.05) is 5.92 Å². The second-order valence-corrected chi connectivity index (χ2v) is 4.57. The van der Waals surface area contributed by atoms with Gasteiger partial charge < -0.3 is 5.11 Å². The van der Waals surface area contributed by atoms with E-state index in [0.717, 1.165) is 17.5 Å². The summed E-state index contributed by atoms with van der Waals surface area (Å²) in [6, 6.07) is 3.06. The Balaban J connectivity index is 2.08. The number of carboxylic acid groups (broad SMARTS) is 1. The summed E-state index contributed by atoms with van der Waals surface area (Å²) in [6.45, 7) is 0. The van der Waals surface area contributed by atoms with Crippen LogP contribution >= 0.6 is 11.6 Å². The van der Waals surface area contributed by atoms with Crippen LogP contribution in [-0.4, -0.2) is 11.1 Å². The molecule has 0 saturated heterocycles. The second kappa shape index (κ2) is 2.73. The largest absolute Gasteiger partial charge is 0.481 e. The highest BCUT2D eigenvalue weighted by atomic mass is 35.5. The number of halogens is 2. The third-order valence-electron chi connectivity index (χ3n) is 3.47. The van der Waals surface area contributed by atoms with Crippen molar-refractivity contribution in [2.75, 3.05) is 0 Å². The Morgan fingerprint density at radius 3 is 2.93 bits per heavy atom. The van der Waals surface area contributed by atoms with Gasteiger partial charge in [-0.25, -0.2) is 4.39 Å². The van der Waals surface area contributed by atoms with E-state index in [1.54, 1.807) is 6.07 Å². The molecule has 1 saturated carbocycles. The van der Waals surface area contributed by atoms with Gasteiger partial charge in [-0.2, -0.15) is 0 Å². The van der Waals surface area contributed by atoms with Crippen LogP contribution in [0.15, 0.2) is 12.1 Å². The molecule has 1 aromatic carbocycles. The van der Waals surface area contributed by atoms with E-state index >= 15 is 0 Å². The first-order valence-corrected chi connectivity index (χ1v) is 5.18. The van der Waals surface area contributed by atoms with Gasteiger partial charge >= 0.3 is 5.97 Å². The molecular formula is C11H8ClFO2. The Morgan fingerprint density at radius 2 is 2.27 bits per heavy atom. The van der Waals surface area contributed by atoms with E-state index in [9.17, 15) is 9.18 Å². The van der Waals surface area contributed by atoms with Gasteiger partial charge in [0.25, 0.3) is 0 Å². The highest BCUT2D eigenvalue weighted by Gasteiger charge is 2.60. The number of hydrogen-bond donors (Lipinski definition) is 1. The summed E-state index contributed by atoms with van der Waals surface area (Å²) in [5.41, 5.74) is 1.74. The van der Waals surface area contributed by atoms with E-state index in [-0.39, 0.29) is 22.8 Å². The van der Waals surface area contributed by atoms with Crippen molar-refractivity contribution in [3.8, 4) is 0 Å². The van der Waals surface area contributed by atoms with Crippen LogP contribution in [0, 0.1) is 17.7 Å². The van der Waals surface area contributed by atoms with Crippen molar-refractivity contribution >= 4 is 17.6 Å². The van der Waals surface area contributed by atoms with Crippen LogP contribution in [0.3, 0.4) is 0 Å². The van der Waals surface area contributed by atoms with Gasteiger partial charge in [-0.15, -0.1) is 0 Å². The molecule has 2 aliphatic carbocycles. The minimum absolute atomic E-state index is 0.0549. The molecule has 2 nitrogen and oxygen atoms in total. The van der Waals surface area contributed by atoms with Gasteiger partial charge in [0.2, 0.25) is 0 Å². The van der Waals surface area contributed by atoms with Gasteiger partial charge in [-0.05, 0) is 29.5 Å². The van der Waals surface area contributed by atoms with Gasteiger partial charge in [-0.3, -0.25) is 4.79 Å². The molecular weight excluding hydrogens is 219 g/mol. The Labute approximate surface area is 90.7 Å². The second-order valence-electron chi connectivity index (χ2n) is 4.19. The molecule has 3 rings (SSSR count). The number of rotatable bonds is 1. The maximum absolute atomic E-state index is 13.2. The predicted octanol–water partition coefficient (Wildman–Crippen LogP) is 2.45. The lowest BCUT2D eigenvalue weighted by Gasteiger charge is -2.07. The first-order chi connectivity index (χ1) is 7.11. The van der Waals surface area contributed by atoms with Crippen LogP contribution in [0.1, 0.15) is 17.0 Å². The molecule has 1 aromatic rings. The van der Waals surface area contributed by atoms with E-state index in [1.807, 2.05) is 0 Å². The predicted molar refractivity (Wildman–Crippen MR) is 52.5 cm³/mol. The van der Waals surface area contributed by atoms with Gasteiger partial charge in [0.1, 0.15) is 5.82 Å². The monoisotopic (exact) mass is 226 g/mol. The Morgan fingerprint density at radius 1 is 1.53 bits per heavy atom. The molecule has 0 heterocycles. The van der Waals surface area contributed by atoms with Gasteiger partial charge in [-0.1, -0.05) is 17.7 Å². The summed E-state index contributed by atoms with van der Waals surface area (Å²) >= 11 is 5.86. The first kappa shape index (κ1) is 9.16. The molecule has 0 spiro atoms. The summed E-state index contributed by atoms with van der Waals surface area (Å²) < 4.78 is 13.2. The highest BCUT2D eigenvalue weighted by Crippen LogP contribution is 2.63. The molecule has 15 heavy (non-hydrogen) atoms. The molecule has 0 amide bonds. The van der Waals surface area contributed by atoms with Crippen LogP contribution in [0.5, 0.6) is 0 Å². The van der Waals surface area contributed by atoms with Crippen LogP contribution in [0.25, 0.3) is 0 Å². The Hall–Kier alpha value is -1.09. The number of benzene rings is 1. The van der Waals surface area contributed by atoms with Crippen molar-refractivity contribution in [2.45, 2.75) is 12.3 Å². The zero-order chi connectivity index (χ0) is 10.7. The van der Waals surface area contributed by atoms with E-state index in [0.29, 0.717) is 0 Å². The van der Waals surface area contributed by atoms with Crippen LogP contribution in [0.2, 0.25) is 5.02 Å². The van der Waals surface area contributed by atoms with Gasteiger partial charge in [0.15, 0.2) is 0 Å². The van der Waals surface area contributed by atoms with E-state index in [2.05, 4.69) is 0 Å². The number of carbonyl (C=O) groups is 1. The Bertz CT molecular complexity index is 472. The maximum Gasteiger partial charge on any atom is 0.307 e. The smallest absolute Gasteiger partial charge is 0.307 e. The van der Waals surface area contributed by atoms with Crippen LogP contribution < -0.4 is 0 Å². The topological polar surface area (TPSA) is 37.3 Å². The van der Waals surface area contributed by atoms with Crippen LogP contribution in [0.4, 0.5) is 4.39 Å². The molecule has 0 aromatic heterocycles. The molecule has 78 valence electrons. The lowest BCUT2D eigenvalue weighted by atomic mass is 10.0. The molecule has 0 bridgehead atoms. The molecule has 4 heteroatoms. The van der Waals surface area contributed by atoms with Crippen molar-refractivity contribution in [2.24, 2.45) is 11.8 Å². The standard InChI is InChI=1S/C11H8ClFO2/c12-10-6(13)2-1-4-3-5-8(7(4)10)9(5)11(14)15/h1-2,5,8-9H,3H2,(H,14,15)/t5-,8-,9+/m0/s1. The van der Waals surface area contributed by atoms with E-state index in [4.69, 9.17) is 16.7 Å². The number of aliphatic carboxylic acids is 1. The summed E-state index contributed by atoms with van der Waals surface area (Å²) in [4.78, 5) is 10.8. The average Bonchev–Trinajstić information content (AvgIpc) is 2.76. The van der Waals surface area contributed by atoms with Crippen molar-refractivity contribution in [1.82, 2.24) is 0 Å². The third kappa shape index (κ3) is 1.07. The summed E-state index contributed by atoms with van der Waals surface area (Å²) in [5, 5.41) is 9.02. The quantitative estimate of drug-likeness (QED) is 0.799. The fourth-order valence-corrected chi connectivity index (χ4v) is 3.07. The molecule has 1 N–H and O–H groups in total. The van der Waals surface area contributed by atoms with Crippen molar-refractivity contribution in [3.05, 3.63) is 34.1 Å². The third-order valence-corrected chi connectivity index (χ3v) is 3.85. The molecule has 0 unspecified atom stereocenters. The molecule has 3 atom stereocenters. The molecule has 2 aliphatic rings. The maximum atomic E-state index is 13.2. The molecule has 0 radical (unpaired) electrons. The normalized spacial score (nSPS) is 30.9.